The highest BCUT2D eigenvalue weighted by molar-refractivity contribution is 8.14. The monoisotopic (exact) mass is 394 g/mol. The summed E-state index contributed by atoms with van der Waals surface area (Å²) in [5.74, 6) is -0.136. The number of carbonyl (C=O) groups is 1. The molecule has 2 aliphatic rings. The molecule has 3 rings (SSSR count). The number of nitro groups is 1. The summed E-state index contributed by atoms with van der Waals surface area (Å²) < 4.78 is 14.3. The summed E-state index contributed by atoms with van der Waals surface area (Å²) in [4.78, 5) is 30.1. The van der Waals surface area contributed by atoms with E-state index < -0.39 is 16.9 Å². The van der Waals surface area contributed by atoms with E-state index in [4.69, 9.17) is 4.99 Å². The maximum absolute atomic E-state index is 14.3. The SMILES string of the molecule is CN1C(=NC2CCCCCC2)SCC1N(C=O)c1cc([N+](=O)[O-])ccc1F. The van der Waals surface area contributed by atoms with Crippen LogP contribution in [0.2, 0.25) is 0 Å². The number of carbonyl (C=O) groups excluding carboxylic acids is 1. The third-order valence-electron chi connectivity index (χ3n) is 5.08. The fourth-order valence-electron chi connectivity index (χ4n) is 3.53. The van der Waals surface area contributed by atoms with Crippen LogP contribution < -0.4 is 4.90 Å². The van der Waals surface area contributed by atoms with E-state index in [1.807, 2.05) is 11.9 Å². The molecule has 27 heavy (non-hydrogen) atoms. The number of thioether (sulfide) groups is 1. The van der Waals surface area contributed by atoms with Crippen molar-refractivity contribution in [2.45, 2.75) is 50.7 Å². The van der Waals surface area contributed by atoms with Gasteiger partial charge in [0.15, 0.2) is 5.17 Å². The Labute approximate surface area is 161 Å². The molecular weight excluding hydrogens is 371 g/mol. The first-order valence-corrected chi connectivity index (χ1v) is 10.1. The number of halogens is 1. The highest BCUT2D eigenvalue weighted by Crippen LogP contribution is 2.32. The molecule has 2 fully saturated rings. The third-order valence-corrected chi connectivity index (χ3v) is 6.20. The molecule has 146 valence electrons. The van der Waals surface area contributed by atoms with Gasteiger partial charge in [0.25, 0.3) is 5.69 Å². The van der Waals surface area contributed by atoms with Gasteiger partial charge in [0.1, 0.15) is 12.0 Å². The molecule has 1 amide bonds. The van der Waals surface area contributed by atoms with E-state index in [-0.39, 0.29) is 17.4 Å². The Hall–Kier alpha value is -2.16. The lowest BCUT2D eigenvalue weighted by molar-refractivity contribution is -0.384. The maximum Gasteiger partial charge on any atom is 0.271 e. The van der Waals surface area contributed by atoms with Crippen molar-refractivity contribution in [1.82, 2.24) is 4.90 Å². The van der Waals surface area contributed by atoms with Gasteiger partial charge in [-0.2, -0.15) is 0 Å². The molecule has 1 aliphatic heterocycles. The number of benzene rings is 1. The minimum atomic E-state index is -0.666. The van der Waals surface area contributed by atoms with Crippen molar-refractivity contribution in [3.63, 3.8) is 0 Å². The van der Waals surface area contributed by atoms with E-state index in [1.54, 1.807) is 0 Å². The van der Waals surface area contributed by atoms with E-state index in [1.165, 1.54) is 42.3 Å². The summed E-state index contributed by atoms with van der Waals surface area (Å²) in [5, 5.41) is 11.8. The Bertz CT molecular complexity index is 737. The summed E-state index contributed by atoms with van der Waals surface area (Å²) in [7, 11) is 1.83. The molecule has 0 aromatic heterocycles. The number of nitrogens with zero attached hydrogens (tertiary/aromatic N) is 4. The van der Waals surface area contributed by atoms with Gasteiger partial charge in [-0.1, -0.05) is 37.4 Å². The minimum Gasteiger partial charge on any atom is -0.333 e. The molecule has 0 spiro atoms. The van der Waals surface area contributed by atoms with E-state index in [0.717, 1.165) is 36.2 Å². The van der Waals surface area contributed by atoms with E-state index in [0.29, 0.717) is 12.2 Å². The molecule has 1 heterocycles. The van der Waals surface area contributed by atoms with Crippen LogP contribution in [0.5, 0.6) is 0 Å². The summed E-state index contributed by atoms with van der Waals surface area (Å²) in [6.07, 6.45) is 7.08. The summed E-state index contributed by atoms with van der Waals surface area (Å²) in [5.41, 5.74) is -0.341. The number of non-ortho nitro benzene ring substituents is 1. The van der Waals surface area contributed by atoms with E-state index >= 15 is 0 Å². The summed E-state index contributed by atoms with van der Waals surface area (Å²) in [6.45, 7) is 0. The fourth-order valence-corrected chi connectivity index (χ4v) is 4.76. The lowest BCUT2D eigenvalue weighted by Crippen LogP contribution is -2.45. The molecule has 1 atom stereocenters. The third kappa shape index (κ3) is 4.40. The number of amidine groups is 1. The van der Waals surface area contributed by atoms with Crippen LogP contribution in [0.15, 0.2) is 23.2 Å². The molecule has 1 aliphatic carbocycles. The summed E-state index contributed by atoms with van der Waals surface area (Å²) in [6, 6.07) is 3.50. The quantitative estimate of drug-likeness (QED) is 0.329. The van der Waals surface area contributed by atoms with Gasteiger partial charge in [0.05, 0.1) is 16.7 Å². The molecule has 9 heteroatoms. The normalized spacial score (nSPS) is 22.7. The van der Waals surface area contributed by atoms with Crippen LogP contribution in [0, 0.1) is 15.9 Å². The van der Waals surface area contributed by atoms with Gasteiger partial charge in [0, 0.05) is 24.9 Å². The maximum atomic E-state index is 14.3. The zero-order valence-electron chi connectivity index (χ0n) is 15.2. The Balaban J connectivity index is 1.81. The van der Waals surface area contributed by atoms with Crippen LogP contribution in [0.3, 0.4) is 0 Å². The predicted molar refractivity (Wildman–Crippen MR) is 105 cm³/mol. The molecule has 1 saturated carbocycles. The van der Waals surface area contributed by atoms with Crippen LogP contribution in [0.25, 0.3) is 0 Å². The Kier molecular flexibility index (Phi) is 6.30. The van der Waals surface area contributed by atoms with Crippen molar-refractivity contribution in [2.75, 3.05) is 17.7 Å². The van der Waals surface area contributed by atoms with Crippen LogP contribution in [-0.4, -0.2) is 46.4 Å². The average Bonchev–Trinajstić information content (AvgIpc) is 2.85. The standard InChI is InChI=1S/C18H23FN4O3S/c1-21-17(11-27-18(21)20-13-6-4-2-3-5-7-13)22(12-24)16-10-14(23(25)26)8-9-15(16)19/h8-10,12-13,17H,2-7,11H2,1H3. The van der Waals surface area contributed by atoms with Crippen molar-refractivity contribution in [3.05, 3.63) is 34.1 Å². The lowest BCUT2D eigenvalue weighted by Gasteiger charge is -2.30. The van der Waals surface area contributed by atoms with Crippen LogP contribution in [0.4, 0.5) is 15.8 Å². The minimum absolute atomic E-state index is 0.0904. The lowest BCUT2D eigenvalue weighted by atomic mass is 10.1. The van der Waals surface area contributed by atoms with Crippen molar-refractivity contribution in [1.29, 1.82) is 0 Å². The number of anilines is 1. The molecule has 7 nitrogen and oxygen atoms in total. The second-order valence-electron chi connectivity index (χ2n) is 6.87. The molecule has 0 bridgehead atoms. The Morgan fingerprint density at radius 1 is 1.33 bits per heavy atom. The number of rotatable bonds is 5. The fraction of sp³-hybridized carbons (Fsp3) is 0.556. The van der Waals surface area contributed by atoms with Gasteiger partial charge in [-0.3, -0.25) is 24.8 Å². The Morgan fingerprint density at radius 2 is 2.04 bits per heavy atom. The summed E-state index contributed by atoms with van der Waals surface area (Å²) >= 11 is 1.53. The molecule has 0 N–H and O–H groups in total. The van der Waals surface area contributed by atoms with Crippen molar-refractivity contribution >= 4 is 34.7 Å². The van der Waals surface area contributed by atoms with Crippen LogP contribution in [0.1, 0.15) is 38.5 Å². The van der Waals surface area contributed by atoms with Crippen molar-refractivity contribution in [2.24, 2.45) is 4.99 Å². The van der Waals surface area contributed by atoms with Gasteiger partial charge in [-0.15, -0.1) is 0 Å². The average molecular weight is 394 g/mol. The highest BCUT2D eigenvalue weighted by atomic mass is 32.2. The van der Waals surface area contributed by atoms with E-state index in [2.05, 4.69) is 0 Å². The second-order valence-corrected chi connectivity index (χ2v) is 7.85. The number of hydrogen-bond donors (Lipinski definition) is 0. The van der Waals surface area contributed by atoms with E-state index in [9.17, 15) is 19.3 Å². The van der Waals surface area contributed by atoms with Gasteiger partial charge in [-0.25, -0.2) is 4.39 Å². The number of amides is 1. The molecule has 1 unspecified atom stereocenters. The molecule has 0 radical (unpaired) electrons. The molecular formula is C18H23FN4O3S. The molecule has 1 aromatic rings. The number of aliphatic imine (C=N–C) groups is 1. The predicted octanol–water partition coefficient (Wildman–Crippen LogP) is 3.78. The molecule has 1 saturated heterocycles. The first-order valence-electron chi connectivity index (χ1n) is 9.12. The van der Waals surface area contributed by atoms with Crippen molar-refractivity contribution in [3.8, 4) is 0 Å². The van der Waals surface area contributed by atoms with Gasteiger partial charge in [-0.05, 0) is 18.9 Å². The first-order chi connectivity index (χ1) is 13.0. The van der Waals surface area contributed by atoms with Gasteiger partial charge in [0.2, 0.25) is 6.41 Å². The van der Waals surface area contributed by atoms with Gasteiger partial charge < -0.3 is 4.90 Å². The topological polar surface area (TPSA) is 79.0 Å². The number of nitro benzene ring substituents is 1. The smallest absolute Gasteiger partial charge is 0.271 e. The zero-order chi connectivity index (χ0) is 19.4. The first kappa shape index (κ1) is 19.6. The largest absolute Gasteiger partial charge is 0.333 e. The van der Waals surface area contributed by atoms with Crippen molar-refractivity contribution < 1.29 is 14.1 Å². The number of hydrogen-bond acceptors (Lipinski definition) is 5. The van der Waals surface area contributed by atoms with Crippen LogP contribution >= 0.6 is 11.8 Å². The highest BCUT2D eigenvalue weighted by Gasteiger charge is 2.34. The molecule has 1 aromatic carbocycles. The Morgan fingerprint density at radius 3 is 2.67 bits per heavy atom. The van der Waals surface area contributed by atoms with Gasteiger partial charge >= 0.3 is 0 Å². The van der Waals surface area contributed by atoms with Crippen LogP contribution in [-0.2, 0) is 4.79 Å². The second kappa shape index (κ2) is 8.69. The zero-order valence-corrected chi connectivity index (χ0v) is 16.0.